The van der Waals surface area contributed by atoms with Gasteiger partial charge in [-0.05, 0) is 107 Å². The van der Waals surface area contributed by atoms with Crippen LogP contribution in [0.2, 0.25) is 0 Å². The van der Waals surface area contributed by atoms with Crippen molar-refractivity contribution in [3.8, 4) is 0 Å². The van der Waals surface area contributed by atoms with E-state index in [1.165, 1.54) is 33.4 Å². The number of halogens is 2. The van der Waals surface area contributed by atoms with Crippen LogP contribution in [-0.2, 0) is 11.2 Å². The third-order valence-electron chi connectivity index (χ3n) is 8.13. The lowest BCUT2D eigenvalue weighted by atomic mass is 9.84. The second kappa shape index (κ2) is 10.7. The highest BCUT2D eigenvalue weighted by Gasteiger charge is 2.33. The Morgan fingerprint density at radius 1 is 1.03 bits per heavy atom. The Morgan fingerprint density at radius 3 is 2.44 bits per heavy atom. The zero-order valence-electron chi connectivity index (χ0n) is 20.8. The topological polar surface area (TPSA) is 78.7 Å². The molecule has 3 N–H and O–H groups in total. The maximum Gasteiger partial charge on any atom is 0.314 e. The van der Waals surface area contributed by atoms with Crippen LogP contribution >= 0.6 is 31.9 Å². The van der Waals surface area contributed by atoms with Crippen molar-refractivity contribution < 1.29 is 9.59 Å². The van der Waals surface area contributed by atoms with E-state index < -0.39 is 0 Å². The summed E-state index contributed by atoms with van der Waals surface area (Å²) in [6, 6.07) is 4.37. The molecule has 1 aromatic rings. The van der Waals surface area contributed by atoms with Gasteiger partial charge in [-0.3, -0.25) is 4.79 Å². The third kappa shape index (κ3) is 5.30. The summed E-state index contributed by atoms with van der Waals surface area (Å²) < 4.78 is 2.25. The number of likely N-dealkylation sites (tertiary alicyclic amines) is 2. The zero-order valence-corrected chi connectivity index (χ0v) is 24.0. The van der Waals surface area contributed by atoms with Gasteiger partial charge < -0.3 is 20.9 Å². The van der Waals surface area contributed by atoms with Crippen molar-refractivity contribution in [3.05, 3.63) is 61.2 Å². The van der Waals surface area contributed by atoms with Crippen molar-refractivity contribution in [1.82, 2.24) is 15.1 Å². The fraction of sp³-hybridized carbons (Fsp3) is 0.500. The first-order valence-electron chi connectivity index (χ1n) is 13.0. The molecule has 0 aromatic heterocycles. The number of nitrogens with two attached hydrogens (primary N) is 1. The van der Waals surface area contributed by atoms with Crippen LogP contribution in [0.1, 0.15) is 55.2 Å². The first kappa shape index (κ1) is 25.6. The van der Waals surface area contributed by atoms with Crippen LogP contribution in [-0.4, -0.2) is 54.0 Å². The minimum atomic E-state index is -0.355. The summed E-state index contributed by atoms with van der Waals surface area (Å²) in [5, 5.41) is 3.67. The molecule has 36 heavy (non-hydrogen) atoms. The molecule has 8 heteroatoms. The standard InChI is InChI=1S/C28H34Br2N4O2/c1-17-12-20-2-3-21-15-22(29)16-32-27(21)26(25(20)23(30)13-17)19-6-10-33(11-7-19)24(35)14-18-4-8-34(9-5-18)28(31)36/h12-13,15-16,18,27,32H,2-11,14H2,1H3,(H2,31,36). The van der Waals surface area contributed by atoms with Crippen molar-refractivity contribution in [2.45, 2.75) is 57.9 Å². The molecular weight excluding hydrogens is 584 g/mol. The number of piperidine rings is 2. The smallest absolute Gasteiger partial charge is 0.314 e. The molecule has 192 valence electrons. The fourth-order valence-corrected chi connectivity index (χ4v) is 7.46. The first-order valence-corrected chi connectivity index (χ1v) is 14.5. The van der Waals surface area contributed by atoms with Crippen molar-refractivity contribution in [3.63, 3.8) is 0 Å². The summed E-state index contributed by atoms with van der Waals surface area (Å²) in [5.74, 6) is 0.586. The van der Waals surface area contributed by atoms with E-state index in [4.69, 9.17) is 5.73 Å². The van der Waals surface area contributed by atoms with Gasteiger partial charge in [-0.2, -0.15) is 0 Å². The van der Waals surface area contributed by atoms with E-state index in [1.807, 2.05) is 4.90 Å². The molecule has 0 radical (unpaired) electrons. The first-order chi connectivity index (χ1) is 17.3. The molecule has 5 rings (SSSR count). The lowest BCUT2D eigenvalue weighted by Crippen LogP contribution is -2.43. The third-order valence-corrected chi connectivity index (χ3v) is 9.21. The maximum atomic E-state index is 13.1. The van der Waals surface area contributed by atoms with Crippen molar-refractivity contribution in [2.24, 2.45) is 11.7 Å². The number of amides is 3. The largest absolute Gasteiger partial charge is 0.379 e. The molecule has 1 aromatic carbocycles. The predicted octanol–water partition coefficient (Wildman–Crippen LogP) is 5.40. The highest BCUT2D eigenvalue weighted by molar-refractivity contribution is 9.12. The maximum absolute atomic E-state index is 13.1. The molecule has 4 aliphatic rings. The number of benzene rings is 1. The van der Waals surface area contributed by atoms with Gasteiger partial charge in [0.15, 0.2) is 0 Å². The van der Waals surface area contributed by atoms with Crippen LogP contribution in [0.3, 0.4) is 0 Å². The average Bonchev–Trinajstić information content (AvgIpc) is 3.01. The minimum absolute atomic E-state index is 0.166. The molecule has 3 heterocycles. The normalized spacial score (nSPS) is 22.7. The number of aryl methyl sites for hydroxylation is 2. The van der Waals surface area contributed by atoms with Gasteiger partial charge in [0.25, 0.3) is 0 Å². The number of dihydropyridines is 1. The van der Waals surface area contributed by atoms with Crippen LogP contribution in [0.4, 0.5) is 4.79 Å². The Kier molecular flexibility index (Phi) is 7.63. The highest BCUT2D eigenvalue weighted by atomic mass is 79.9. The van der Waals surface area contributed by atoms with Gasteiger partial charge in [-0.1, -0.05) is 27.6 Å². The number of allylic oxidation sites excluding steroid dienone is 2. The van der Waals surface area contributed by atoms with Crippen LogP contribution in [0.25, 0.3) is 5.57 Å². The van der Waals surface area contributed by atoms with Crippen LogP contribution in [0.15, 0.2) is 44.5 Å². The molecule has 2 fully saturated rings. The van der Waals surface area contributed by atoms with Crippen LogP contribution < -0.4 is 11.1 Å². The van der Waals surface area contributed by atoms with E-state index in [0.717, 1.165) is 60.6 Å². The van der Waals surface area contributed by atoms with Gasteiger partial charge in [0, 0.05) is 47.8 Å². The molecular formula is C28H34Br2N4O2. The Morgan fingerprint density at radius 2 is 1.75 bits per heavy atom. The quantitative estimate of drug-likeness (QED) is 0.467. The SMILES string of the molecule is Cc1cc(Br)c2c(c1)CCC1=CC(Br)=CNC1C2=C1CCN(C(=O)CC2CCN(C(N)=O)CC2)CC1. The summed E-state index contributed by atoms with van der Waals surface area (Å²) >= 11 is 7.56. The number of nitrogens with zero attached hydrogens (tertiary/aromatic N) is 2. The van der Waals surface area contributed by atoms with E-state index in [-0.39, 0.29) is 18.0 Å². The van der Waals surface area contributed by atoms with Crippen LogP contribution in [0, 0.1) is 12.8 Å². The summed E-state index contributed by atoms with van der Waals surface area (Å²) in [6.45, 7) is 5.01. The van der Waals surface area contributed by atoms with Crippen molar-refractivity contribution in [1.29, 1.82) is 0 Å². The number of urea groups is 1. The zero-order chi connectivity index (χ0) is 25.4. The number of carbonyl (C=O) groups is 2. The number of nitrogens with one attached hydrogen (secondary N) is 1. The minimum Gasteiger partial charge on any atom is -0.379 e. The monoisotopic (exact) mass is 616 g/mol. The number of primary amides is 1. The molecule has 1 atom stereocenters. The van der Waals surface area contributed by atoms with Gasteiger partial charge in [0.2, 0.25) is 5.91 Å². The number of fused-ring (bicyclic) bond motifs is 2. The van der Waals surface area contributed by atoms with E-state index in [2.05, 4.69) is 68.5 Å². The summed E-state index contributed by atoms with van der Waals surface area (Å²) in [4.78, 5) is 28.3. The summed E-state index contributed by atoms with van der Waals surface area (Å²) in [5.41, 5.74) is 13.7. The fourth-order valence-electron chi connectivity index (χ4n) is 6.20. The molecule has 2 saturated heterocycles. The highest BCUT2D eigenvalue weighted by Crippen LogP contribution is 2.43. The van der Waals surface area contributed by atoms with Gasteiger partial charge in [0.05, 0.1) is 6.04 Å². The Hall–Kier alpha value is -2.06. The lowest BCUT2D eigenvalue weighted by Gasteiger charge is -2.35. The van der Waals surface area contributed by atoms with Gasteiger partial charge in [0.1, 0.15) is 0 Å². The Bertz CT molecular complexity index is 1150. The van der Waals surface area contributed by atoms with E-state index in [9.17, 15) is 9.59 Å². The van der Waals surface area contributed by atoms with E-state index >= 15 is 0 Å². The molecule has 3 amide bonds. The van der Waals surface area contributed by atoms with Gasteiger partial charge in [-0.15, -0.1) is 0 Å². The number of hydrogen-bond donors (Lipinski definition) is 2. The molecule has 0 saturated carbocycles. The molecule has 0 bridgehead atoms. The molecule has 1 unspecified atom stereocenters. The summed E-state index contributed by atoms with van der Waals surface area (Å²) in [6.07, 6.45) is 10.5. The molecule has 0 spiro atoms. The predicted molar refractivity (Wildman–Crippen MR) is 150 cm³/mol. The number of rotatable bonds is 2. The van der Waals surface area contributed by atoms with Crippen LogP contribution in [0.5, 0.6) is 0 Å². The Labute approximate surface area is 230 Å². The number of hydrogen-bond acceptors (Lipinski definition) is 3. The summed E-state index contributed by atoms with van der Waals surface area (Å²) in [7, 11) is 0. The van der Waals surface area contributed by atoms with E-state index in [1.54, 1.807) is 4.90 Å². The number of carbonyl (C=O) groups excluding carboxylic acids is 2. The second-order valence-corrected chi connectivity index (χ2v) is 12.3. The van der Waals surface area contributed by atoms with Crippen molar-refractivity contribution in [2.75, 3.05) is 26.2 Å². The average molecular weight is 618 g/mol. The molecule has 3 aliphatic heterocycles. The Balaban J connectivity index is 1.34. The molecule has 1 aliphatic carbocycles. The van der Waals surface area contributed by atoms with Crippen molar-refractivity contribution >= 4 is 49.4 Å². The lowest BCUT2D eigenvalue weighted by molar-refractivity contribution is -0.132. The second-order valence-electron chi connectivity index (χ2n) is 10.5. The van der Waals surface area contributed by atoms with E-state index in [0.29, 0.717) is 25.4 Å². The van der Waals surface area contributed by atoms with Gasteiger partial charge in [-0.25, -0.2) is 4.79 Å². The van der Waals surface area contributed by atoms with Gasteiger partial charge >= 0.3 is 6.03 Å². The molecule has 6 nitrogen and oxygen atoms in total.